The van der Waals surface area contributed by atoms with Gasteiger partial charge in [-0.05, 0) is 48.6 Å². The highest BCUT2D eigenvalue weighted by Gasteiger charge is 2.14. The van der Waals surface area contributed by atoms with Crippen molar-refractivity contribution in [2.75, 3.05) is 0 Å². The van der Waals surface area contributed by atoms with E-state index in [-0.39, 0.29) is 5.82 Å². The summed E-state index contributed by atoms with van der Waals surface area (Å²) in [7, 11) is 0. The summed E-state index contributed by atoms with van der Waals surface area (Å²) >= 11 is 3.30. The molecule has 0 aromatic heterocycles. The maximum Gasteiger partial charge on any atom is 0.128 e. The second-order valence-electron chi connectivity index (χ2n) is 3.34. The zero-order chi connectivity index (χ0) is 9.42. The lowest BCUT2D eigenvalue weighted by Gasteiger charge is -2.15. The van der Waals surface area contributed by atoms with Crippen LogP contribution >= 0.6 is 15.9 Å². The third-order valence-corrected chi connectivity index (χ3v) is 2.89. The summed E-state index contributed by atoms with van der Waals surface area (Å²) in [5.74, 6) is -0.0863. The largest absolute Gasteiger partial charge is 0.207 e. The SMILES string of the molecule is CC1=CCCc2c(F)cc(Br)cc21. The van der Waals surface area contributed by atoms with Gasteiger partial charge in [-0.15, -0.1) is 0 Å². The number of benzene rings is 1. The Morgan fingerprint density at radius 1 is 1.38 bits per heavy atom. The third-order valence-electron chi connectivity index (χ3n) is 2.43. The molecule has 0 atom stereocenters. The molecule has 2 rings (SSSR count). The van der Waals surface area contributed by atoms with Gasteiger partial charge in [0, 0.05) is 4.47 Å². The second kappa shape index (κ2) is 3.26. The van der Waals surface area contributed by atoms with Crippen molar-refractivity contribution in [3.63, 3.8) is 0 Å². The summed E-state index contributed by atoms with van der Waals surface area (Å²) in [5, 5.41) is 0. The highest BCUT2D eigenvalue weighted by Crippen LogP contribution is 2.30. The van der Waals surface area contributed by atoms with Crippen LogP contribution in [0.3, 0.4) is 0 Å². The van der Waals surface area contributed by atoms with E-state index in [0.717, 1.165) is 28.4 Å². The Balaban J connectivity index is 2.66. The van der Waals surface area contributed by atoms with Crippen LogP contribution < -0.4 is 0 Å². The minimum absolute atomic E-state index is 0.0863. The van der Waals surface area contributed by atoms with Crippen molar-refractivity contribution in [1.29, 1.82) is 0 Å². The molecule has 0 bridgehead atoms. The number of fused-ring (bicyclic) bond motifs is 1. The van der Waals surface area contributed by atoms with Crippen molar-refractivity contribution in [3.05, 3.63) is 39.6 Å². The summed E-state index contributed by atoms with van der Waals surface area (Å²) in [6.45, 7) is 2.03. The van der Waals surface area contributed by atoms with E-state index < -0.39 is 0 Å². The summed E-state index contributed by atoms with van der Waals surface area (Å²) in [6, 6.07) is 3.53. The first-order valence-electron chi connectivity index (χ1n) is 4.33. The molecule has 0 radical (unpaired) electrons. The monoisotopic (exact) mass is 240 g/mol. The highest BCUT2D eigenvalue weighted by atomic mass is 79.9. The summed E-state index contributed by atoms with van der Waals surface area (Å²) in [6.07, 6.45) is 3.94. The molecule has 1 aliphatic rings. The smallest absolute Gasteiger partial charge is 0.128 e. The van der Waals surface area contributed by atoms with E-state index in [9.17, 15) is 4.39 Å². The standard InChI is InChI=1S/C11H10BrF/c1-7-3-2-4-9-10(7)5-8(12)6-11(9)13/h3,5-6H,2,4H2,1H3. The molecule has 0 heterocycles. The average molecular weight is 241 g/mol. The predicted molar refractivity (Wildman–Crippen MR) is 56.1 cm³/mol. The van der Waals surface area contributed by atoms with E-state index in [4.69, 9.17) is 0 Å². The molecule has 1 aromatic rings. The molecule has 0 spiro atoms. The molecule has 0 N–H and O–H groups in total. The molecule has 13 heavy (non-hydrogen) atoms. The van der Waals surface area contributed by atoms with Gasteiger partial charge in [0.15, 0.2) is 0 Å². The van der Waals surface area contributed by atoms with Gasteiger partial charge in [-0.1, -0.05) is 22.0 Å². The minimum atomic E-state index is -0.0863. The van der Waals surface area contributed by atoms with Crippen LogP contribution in [-0.2, 0) is 6.42 Å². The Kier molecular flexibility index (Phi) is 2.24. The Bertz CT molecular complexity index is 380. The van der Waals surface area contributed by atoms with Crippen molar-refractivity contribution in [3.8, 4) is 0 Å². The highest BCUT2D eigenvalue weighted by molar-refractivity contribution is 9.10. The molecular formula is C11H10BrF. The van der Waals surface area contributed by atoms with Gasteiger partial charge >= 0.3 is 0 Å². The van der Waals surface area contributed by atoms with E-state index in [0.29, 0.717) is 0 Å². The first kappa shape index (κ1) is 8.95. The lowest BCUT2D eigenvalue weighted by atomic mass is 9.91. The lowest BCUT2D eigenvalue weighted by Crippen LogP contribution is -2.01. The van der Waals surface area contributed by atoms with Gasteiger partial charge in [0.1, 0.15) is 5.82 Å². The van der Waals surface area contributed by atoms with Crippen molar-refractivity contribution in [1.82, 2.24) is 0 Å². The van der Waals surface area contributed by atoms with Gasteiger partial charge in [0.2, 0.25) is 0 Å². The van der Waals surface area contributed by atoms with Crippen LogP contribution in [-0.4, -0.2) is 0 Å². The number of halogens is 2. The first-order valence-corrected chi connectivity index (χ1v) is 5.13. The maximum absolute atomic E-state index is 13.4. The lowest BCUT2D eigenvalue weighted by molar-refractivity contribution is 0.606. The zero-order valence-corrected chi connectivity index (χ0v) is 8.99. The van der Waals surface area contributed by atoms with E-state index >= 15 is 0 Å². The van der Waals surface area contributed by atoms with Gasteiger partial charge < -0.3 is 0 Å². The van der Waals surface area contributed by atoms with Gasteiger partial charge in [-0.25, -0.2) is 4.39 Å². The quantitative estimate of drug-likeness (QED) is 0.645. The number of hydrogen-bond acceptors (Lipinski definition) is 0. The van der Waals surface area contributed by atoms with E-state index in [1.165, 1.54) is 11.6 Å². The fourth-order valence-corrected chi connectivity index (χ4v) is 2.18. The number of rotatable bonds is 0. The van der Waals surface area contributed by atoms with Gasteiger partial charge in [-0.3, -0.25) is 0 Å². The Hall–Kier alpha value is -0.630. The molecule has 0 saturated carbocycles. The van der Waals surface area contributed by atoms with Crippen LogP contribution in [0.25, 0.3) is 5.57 Å². The molecule has 2 heteroatoms. The summed E-state index contributed by atoms with van der Waals surface area (Å²) < 4.78 is 14.3. The fourth-order valence-electron chi connectivity index (χ4n) is 1.75. The van der Waals surface area contributed by atoms with Gasteiger partial charge in [-0.2, -0.15) is 0 Å². The molecule has 0 unspecified atom stereocenters. The molecule has 0 nitrogen and oxygen atoms in total. The summed E-state index contributed by atoms with van der Waals surface area (Å²) in [5.41, 5.74) is 3.10. The molecule has 0 aliphatic heterocycles. The Morgan fingerprint density at radius 2 is 2.15 bits per heavy atom. The minimum Gasteiger partial charge on any atom is -0.207 e. The van der Waals surface area contributed by atoms with E-state index in [1.807, 2.05) is 13.0 Å². The molecule has 0 amide bonds. The summed E-state index contributed by atoms with van der Waals surface area (Å²) in [4.78, 5) is 0. The van der Waals surface area contributed by atoms with Crippen LogP contribution in [0.5, 0.6) is 0 Å². The van der Waals surface area contributed by atoms with Gasteiger partial charge in [0.05, 0.1) is 0 Å². The van der Waals surface area contributed by atoms with Gasteiger partial charge in [0.25, 0.3) is 0 Å². The van der Waals surface area contributed by atoms with Crippen molar-refractivity contribution in [2.24, 2.45) is 0 Å². The topological polar surface area (TPSA) is 0 Å². The van der Waals surface area contributed by atoms with E-state index in [1.54, 1.807) is 0 Å². The van der Waals surface area contributed by atoms with Crippen LogP contribution in [0, 0.1) is 5.82 Å². The number of hydrogen-bond donors (Lipinski definition) is 0. The molecule has 1 aliphatic carbocycles. The van der Waals surface area contributed by atoms with Crippen LogP contribution in [0.2, 0.25) is 0 Å². The Labute approximate surface area is 85.6 Å². The third kappa shape index (κ3) is 1.55. The number of allylic oxidation sites excluding steroid dienone is 2. The van der Waals surface area contributed by atoms with Crippen molar-refractivity contribution >= 4 is 21.5 Å². The van der Waals surface area contributed by atoms with Crippen LogP contribution in [0.1, 0.15) is 24.5 Å². The normalized spacial score (nSPS) is 15.2. The van der Waals surface area contributed by atoms with Crippen molar-refractivity contribution < 1.29 is 4.39 Å². The molecular weight excluding hydrogens is 231 g/mol. The van der Waals surface area contributed by atoms with Crippen LogP contribution in [0.4, 0.5) is 4.39 Å². The molecule has 0 fully saturated rings. The maximum atomic E-state index is 13.4. The fraction of sp³-hybridized carbons (Fsp3) is 0.273. The molecule has 0 saturated heterocycles. The molecule has 68 valence electrons. The zero-order valence-electron chi connectivity index (χ0n) is 7.40. The predicted octanol–water partition coefficient (Wildman–Crippen LogP) is 3.94. The first-order chi connectivity index (χ1) is 6.18. The van der Waals surface area contributed by atoms with Crippen molar-refractivity contribution in [2.45, 2.75) is 19.8 Å². The van der Waals surface area contributed by atoms with Crippen LogP contribution in [0.15, 0.2) is 22.7 Å². The average Bonchev–Trinajstić information content (AvgIpc) is 2.07. The molecule has 1 aromatic carbocycles. The second-order valence-corrected chi connectivity index (χ2v) is 4.26. The van der Waals surface area contributed by atoms with E-state index in [2.05, 4.69) is 22.0 Å². The Morgan fingerprint density at radius 3 is 2.92 bits per heavy atom.